The van der Waals surface area contributed by atoms with Crippen molar-refractivity contribution in [3.8, 4) is 11.5 Å². The van der Waals surface area contributed by atoms with E-state index < -0.39 is 22.4 Å². The highest BCUT2D eigenvalue weighted by molar-refractivity contribution is 5.42. The van der Waals surface area contributed by atoms with E-state index in [9.17, 15) is 9.59 Å². The SMILES string of the molecule is CCCC.O=c1c(O)c(O)c1=O. The quantitative estimate of drug-likeness (QED) is 0.605. The first-order chi connectivity index (χ1) is 5.56. The van der Waals surface area contributed by atoms with Crippen molar-refractivity contribution in [3.63, 3.8) is 0 Å². The normalized spacial score (nSPS) is 9.17. The molecule has 68 valence electrons. The van der Waals surface area contributed by atoms with E-state index >= 15 is 0 Å². The highest BCUT2D eigenvalue weighted by Gasteiger charge is 2.17. The third-order valence-corrected chi connectivity index (χ3v) is 1.36. The molecule has 0 saturated carbocycles. The number of hydrogen-bond donors (Lipinski definition) is 2. The van der Waals surface area contributed by atoms with Crippen LogP contribution in [-0.2, 0) is 0 Å². The maximum absolute atomic E-state index is 9.95. The Balaban J connectivity index is 0.000000261. The van der Waals surface area contributed by atoms with Gasteiger partial charge in [-0.25, -0.2) is 0 Å². The first kappa shape index (κ1) is 10.7. The fourth-order valence-electron chi connectivity index (χ4n) is 0.368. The molecule has 1 aromatic rings. The number of hydrogen-bond acceptors (Lipinski definition) is 4. The lowest BCUT2D eigenvalue weighted by atomic mass is 10.2. The molecule has 2 N–H and O–H groups in total. The van der Waals surface area contributed by atoms with Gasteiger partial charge in [0.2, 0.25) is 11.5 Å². The molecule has 0 aromatic heterocycles. The molecule has 0 atom stereocenters. The second-order valence-corrected chi connectivity index (χ2v) is 2.36. The average Bonchev–Trinajstić information content (AvgIpc) is 2.15. The molecule has 0 aliphatic heterocycles. The summed E-state index contributed by atoms with van der Waals surface area (Å²) >= 11 is 0. The molecular formula is C8H12O4. The molecule has 0 saturated heterocycles. The van der Waals surface area contributed by atoms with Crippen LogP contribution in [-0.4, -0.2) is 10.2 Å². The van der Waals surface area contributed by atoms with E-state index in [0.29, 0.717) is 0 Å². The van der Waals surface area contributed by atoms with Gasteiger partial charge in [0.25, 0.3) is 10.9 Å². The Morgan fingerprint density at radius 2 is 1.17 bits per heavy atom. The van der Waals surface area contributed by atoms with Crippen molar-refractivity contribution >= 4 is 0 Å². The van der Waals surface area contributed by atoms with Crippen molar-refractivity contribution in [1.82, 2.24) is 0 Å². The number of rotatable bonds is 1. The van der Waals surface area contributed by atoms with Crippen molar-refractivity contribution in [1.29, 1.82) is 0 Å². The zero-order chi connectivity index (χ0) is 9.72. The molecule has 1 aromatic carbocycles. The Bertz CT molecular complexity index is 275. The van der Waals surface area contributed by atoms with Gasteiger partial charge < -0.3 is 10.2 Å². The van der Waals surface area contributed by atoms with Crippen LogP contribution in [0.1, 0.15) is 26.7 Å². The van der Waals surface area contributed by atoms with Crippen molar-refractivity contribution in [2.24, 2.45) is 0 Å². The maximum atomic E-state index is 9.95. The minimum absolute atomic E-state index is 0.824. The van der Waals surface area contributed by atoms with Crippen molar-refractivity contribution < 1.29 is 10.2 Å². The molecule has 0 aliphatic carbocycles. The van der Waals surface area contributed by atoms with E-state index in [1.807, 2.05) is 0 Å². The van der Waals surface area contributed by atoms with Crippen LogP contribution < -0.4 is 10.9 Å². The van der Waals surface area contributed by atoms with Crippen LogP contribution in [0.25, 0.3) is 0 Å². The van der Waals surface area contributed by atoms with E-state index in [2.05, 4.69) is 13.8 Å². The summed E-state index contributed by atoms with van der Waals surface area (Å²) in [7, 11) is 0. The highest BCUT2D eigenvalue weighted by Crippen LogP contribution is 2.13. The van der Waals surface area contributed by atoms with Gasteiger partial charge in [-0.05, 0) is 0 Å². The lowest BCUT2D eigenvalue weighted by molar-refractivity contribution is 0.384. The van der Waals surface area contributed by atoms with E-state index in [-0.39, 0.29) is 0 Å². The van der Waals surface area contributed by atoms with Crippen LogP contribution >= 0.6 is 0 Å². The van der Waals surface area contributed by atoms with Crippen LogP contribution in [0.2, 0.25) is 0 Å². The van der Waals surface area contributed by atoms with Crippen LogP contribution in [0.15, 0.2) is 9.59 Å². The highest BCUT2D eigenvalue weighted by atomic mass is 16.3. The molecule has 0 radical (unpaired) electrons. The molecule has 0 spiro atoms. The van der Waals surface area contributed by atoms with Gasteiger partial charge in [0.15, 0.2) is 0 Å². The van der Waals surface area contributed by atoms with Crippen LogP contribution in [0.5, 0.6) is 11.5 Å². The molecule has 0 amide bonds. The first-order valence-electron chi connectivity index (χ1n) is 3.77. The topological polar surface area (TPSA) is 74.6 Å². The Labute approximate surface area is 69.8 Å². The fraction of sp³-hybridized carbons (Fsp3) is 0.500. The maximum Gasteiger partial charge on any atom is 0.275 e. The van der Waals surface area contributed by atoms with Gasteiger partial charge in [0.1, 0.15) is 0 Å². The molecule has 0 bridgehead atoms. The molecule has 0 unspecified atom stereocenters. The molecule has 0 fully saturated rings. The third-order valence-electron chi connectivity index (χ3n) is 1.36. The predicted octanol–water partition coefficient (Wildman–Crippen LogP) is 0.500. The van der Waals surface area contributed by atoms with Crippen molar-refractivity contribution in [2.45, 2.75) is 26.7 Å². The van der Waals surface area contributed by atoms with Crippen LogP contribution in [0, 0.1) is 0 Å². The summed E-state index contributed by atoms with van der Waals surface area (Å²) in [6.45, 7) is 4.36. The van der Waals surface area contributed by atoms with Crippen LogP contribution in [0.3, 0.4) is 0 Å². The van der Waals surface area contributed by atoms with Crippen LogP contribution in [0.4, 0.5) is 0 Å². The largest absolute Gasteiger partial charge is 0.501 e. The average molecular weight is 172 g/mol. The molecule has 4 heteroatoms. The third kappa shape index (κ3) is 2.08. The van der Waals surface area contributed by atoms with Gasteiger partial charge in [-0.2, -0.15) is 0 Å². The summed E-state index contributed by atoms with van der Waals surface area (Å²) in [5.41, 5.74) is -2.02. The molecular weight excluding hydrogens is 160 g/mol. The molecule has 0 aliphatic rings. The second-order valence-electron chi connectivity index (χ2n) is 2.36. The van der Waals surface area contributed by atoms with Gasteiger partial charge in [-0.15, -0.1) is 0 Å². The van der Waals surface area contributed by atoms with Gasteiger partial charge in [-0.1, -0.05) is 26.7 Å². The summed E-state index contributed by atoms with van der Waals surface area (Å²) in [6.07, 6.45) is 2.64. The fourth-order valence-corrected chi connectivity index (χ4v) is 0.368. The second kappa shape index (κ2) is 4.54. The molecule has 12 heavy (non-hydrogen) atoms. The Morgan fingerprint density at radius 1 is 0.917 bits per heavy atom. The predicted molar refractivity (Wildman–Crippen MR) is 45.3 cm³/mol. The summed E-state index contributed by atoms with van der Waals surface area (Å²) in [4.78, 5) is 19.9. The van der Waals surface area contributed by atoms with E-state index in [1.165, 1.54) is 12.8 Å². The summed E-state index contributed by atoms with van der Waals surface area (Å²) < 4.78 is 0. The number of unbranched alkanes of at least 4 members (excludes halogenated alkanes) is 1. The Hall–Kier alpha value is -1.32. The smallest absolute Gasteiger partial charge is 0.275 e. The van der Waals surface area contributed by atoms with Gasteiger partial charge >= 0.3 is 0 Å². The van der Waals surface area contributed by atoms with Crippen molar-refractivity contribution in [3.05, 3.63) is 20.4 Å². The van der Waals surface area contributed by atoms with E-state index in [4.69, 9.17) is 10.2 Å². The molecule has 4 nitrogen and oxygen atoms in total. The lowest BCUT2D eigenvalue weighted by Gasteiger charge is -1.92. The summed E-state index contributed by atoms with van der Waals surface area (Å²) in [5, 5.41) is 16.4. The van der Waals surface area contributed by atoms with Crippen molar-refractivity contribution in [2.75, 3.05) is 0 Å². The minimum atomic E-state index is -1.01. The zero-order valence-electron chi connectivity index (χ0n) is 7.13. The van der Waals surface area contributed by atoms with Gasteiger partial charge in [-0.3, -0.25) is 9.59 Å². The monoisotopic (exact) mass is 172 g/mol. The minimum Gasteiger partial charge on any atom is -0.501 e. The Morgan fingerprint density at radius 3 is 1.25 bits per heavy atom. The van der Waals surface area contributed by atoms with E-state index in [0.717, 1.165) is 0 Å². The zero-order valence-corrected chi connectivity index (χ0v) is 7.13. The molecule has 0 heterocycles. The standard InChI is InChI=1S/C4H2O4.C4H10/c5-1-2(6)4(8)3(1)7;1-3-4-2/h5-6H;3-4H2,1-2H3. The first-order valence-corrected chi connectivity index (χ1v) is 3.77. The van der Waals surface area contributed by atoms with Gasteiger partial charge in [0, 0.05) is 0 Å². The Kier molecular flexibility index (Phi) is 4.04. The summed E-state index contributed by atoms with van der Waals surface area (Å²) in [6, 6.07) is 0. The lowest BCUT2D eigenvalue weighted by Crippen LogP contribution is -2.28. The van der Waals surface area contributed by atoms with E-state index in [1.54, 1.807) is 0 Å². The summed E-state index contributed by atoms with van der Waals surface area (Å²) in [5.74, 6) is -1.65. The number of aromatic hydroxyl groups is 2. The van der Waals surface area contributed by atoms with Gasteiger partial charge in [0.05, 0.1) is 0 Å². The molecule has 1 rings (SSSR count).